The monoisotopic (exact) mass is 268 g/mol. The van der Waals surface area contributed by atoms with Crippen LogP contribution in [0.1, 0.15) is 6.92 Å². The molecule has 8 heteroatoms. The largest absolute Gasteiger partial charge is 0.487 e. The van der Waals surface area contributed by atoms with E-state index in [0.29, 0.717) is 18.8 Å². The Morgan fingerprint density at radius 3 is 2.79 bits per heavy atom. The van der Waals surface area contributed by atoms with E-state index < -0.39 is 11.0 Å². The van der Waals surface area contributed by atoms with Crippen LogP contribution in [0.3, 0.4) is 0 Å². The van der Waals surface area contributed by atoms with E-state index in [4.69, 9.17) is 10.5 Å². The molecule has 1 aromatic rings. The molecule has 0 fully saturated rings. The standard InChI is InChI=1S/C11H16N4O4/c1-2-19-9-5-3-4-8(10(9)15(17)18)13-6-7-14-11(12)16/h3-5,13H,2,6-7H2,1H3,(H3,12,14,16). The molecule has 2 amide bonds. The van der Waals surface area contributed by atoms with Crippen molar-refractivity contribution in [1.29, 1.82) is 0 Å². The molecule has 104 valence electrons. The molecular formula is C11H16N4O4. The minimum absolute atomic E-state index is 0.122. The lowest BCUT2D eigenvalue weighted by molar-refractivity contribution is -0.384. The number of hydrogen-bond acceptors (Lipinski definition) is 5. The third-order valence-electron chi connectivity index (χ3n) is 2.22. The number of anilines is 1. The van der Waals surface area contributed by atoms with E-state index in [0.717, 1.165) is 0 Å². The van der Waals surface area contributed by atoms with Crippen molar-refractivity contribution in [1.82, 2.24) is 5.32 Å². The zero-order chi connectivity index (χ0) is 14.3. The van der Waals surface area contributed by atoms with Gasteiger partial charge in [0.25, 0.3) is 0 Å². The summed E-state index contributed by atoms with van der Waals surface area (Å²) in [7, 11) is 0. The van der Waals surface area contributed by atoms with Crippen molar-refractivity contribution in [3.8, 4) is 5.75 Å². The number of amides is 2. The van der Waals surface area contributed by atoms with Crippen molar-refractivity contribution in [3.63, 3.8) is 0 Å². The molecule has 0 radical (unpaired) electrons. The Labute approximate surface area is 110 Å². The predicted octanol–water partition coefficient (Wildman–Crippen LogP) is 1.07. The number of rotatable bonds is 7. The maximum absolute atomic E-state index is 11.1. The van der Waals surface area contributed by atoms with Gasteiger partial charge in [0.2, 0.25) is 0 Å². The molecule has 0 aliphatic heterocycles. The lowest BCUT2D eigenvalue weighted by Crippen LogP contribution is -2.33. The van der Waals surface area contributed by atoms with Crippen LogP contribution in [0.5, 0.6) is 5.75 Å². The van der Waals surface area contributed by atoms with Crippen molar-refractivity contribution >= 4 is 17.4 Å². The van der Waals surface area contributed by atoms with Gasteiger partial charge in [-0.1, -0.05) is 6.07 Å². The summed E-state index contributed by atoms with van der Waals surface area (Å²) in [5.74, 6) is 0.209. The number of nitrogens with zero attached hydrogens (tertiary/aromatic N) is 1. The van der Waals surface area contributed by atoms with Crippen LogP contribution in [0.25, 0.3) is 0 Å². The number of ether oxygens (including phenoxy) is 1. The molecule has 0 spiro atoms. The van der Waals surface area contributed by atoms with Crippen LogP contribution in [0, 0.1) is 10.1 Å². The second kappa shape index (κ2) is 7.04. The molecule has 8 nitrogen and oxygen atoms in total. The molecule has 1 rings (SSSR count). The Kier molecular flexibility index (Phi) is 5.39. The number of nitro benzene ring substituents is 1. The summed E-state index contributed by atoms with van der Waals surface area (Å²) >= 11 is 0. The summed E-state index contributed by atoms with van der Waals surface area (Å²) in [6.07, 6.45) is 0. The topological polar surface area (TPSA) is 120 Å². The van der Waals surface area contributed by atoms with E-state index >= 15 is 0 Å². The van der Waals surface area contributed by atoms with Gasteiger partial charge >= 0.3 is 11.7 Å². The number of nitrogens with one attached hydrogen (secondary N) is 2. The van der Waals surface area contributed by atoms with Gasteiger partial charge in [-0.25, -0.2) is 4.79 Å². The van der Waals surface area contributed by atoms with Crippen LogP contribution in [0.2, 0.25) is 0 Å². The highest BCUT2D eigenvalue weighted by molar-refractivity contribution is 5.72. The summed E-state index contributed by atoms with van der Waals surface area (Å²) in [6.45, 7) is 2.68. The lowest BCUT2D eigenvalue weighted by Gasteiger charge is -2.10. The van der Waals surface area contributed by atoms with Crippen LogP contribution in [0.4, 0.5) is 16.2 Å². The highest BCUT2D eigenvalue weighted by Crippen LogP contribution is 2.34. The highest BCUT2D eigenvalue weighted by Gasteiger charge is 2.20. The molecule has 1 aromatic carbocycles. The number of urea groups is 1. The van der Waals surface area contributed by atoms with Crippen molar-refractivity contribution < 1.29 is 14.5 Å². The second-order valence-corrected chi connectivity index (χ2v) is 3.56. The number of primary amides is 1. The van der Waals surface area contributed by atoms with E-state index in [9.17, 15) is 14.9 Å². The Morgan fingerprint density at radius 2 is 2.21 bits per heavy atom. The quantitative estimate of drug-likeness (QED) is 0.388. The van der Waals surface area contributed by atoms with Gasteiger partial charge in [0, 0.05) is 13.1 Å². The Hall–Kier alpha value is -2.51. The molecule has 0 saturated carbocycles. The first-order chi connectivity index (χ1) is 9.06. The summed E-state index contributed by atoms with van der Waals surface area (Å²) in [5, 5.41) is 16.3. The van der Waals surface area contributed by atoms with Gasteiger partial charge in [-0.15, -0.1) is 0 Å². The molecule has 0 aromatic heterocycles. The molecular weight excluding hydrogens is 252 g/mol. The zero-order valence-corrected chi connectivity index (χ0v) is 10.5. The average Bonchev–Trinajstić information content (AvgIpc) is 2.34. The first kappa shape index (κ1) is 14.6. The molecule has 0 bridgehead atoms. The van der Waals surface area contributed by atoms with E-state index in [1.165, 1.54) is 6.07 Å². The van der Waals surface area contributed by atoms with E-state index in [2.05, 4.69) is 10.6 Å². The van der Waals surface area contributed by atoms with Gasteiger partial charge in [-0.3, -0.25) is 10.1 Å². The molecule has 19 heavy (non-hydrogen) atoms. The van der Waals surface area contributed by atoms with Crippen LogP contribution < -0.4 is 21.1 Å². The molecule has 0 atom stereocenters. The van der Waals surface area contributed by atoms with Crippen LogP contribution in [-0.2, 0) is 0 Å². The van der Waals surface area contributed by atoms with Gasteiger partial charge < -0.3 is 21.1 Å². The molecule has 0 aliphatic rings. The number of nitrogens with two attached hydrogens (primary N) is 1. The van der Waals surface area contributed by atoms with E-state index in [1.54, 1.807) is 19.1 Å². The smallest absolute Gasteiger partial charge is 0.333 e. The van der Waals surface area contributed by atoms with Crippen molar-refractivity contribution in [2.75, 3.05) is 25.0 Å². The van der Waals surface area contributed by atoms with Gasteiger partial charge in [0.15, 0.2) is 5.75 Å². The number of nitro groups is 1. The number of hydrogen-bond donors (Lipinski definition) is 3. The Bertz CT molecular complexity index is 464. The molecule has 0 heterocycles. The van der Waals surface area contributed by atoms with Crippen molar-refractivity contribution in [2.24, 2.45) is 5.73 Å². The maximum atomic E-state index is 11.1. The van der Waals surface area contributed by atoms with Crippen molar-refractivity contribution in [3.05, 3.63) is 28.3 Å². The SMILES string of the molecule is CCOc1cccc(NCCNC(N)=O)c1[N+](=O)[O-]. The zero-order valence-electron chi connectivity index (χ0n) is 10.5. The summed E-state index contributed by atoms with van der Waals surface area (Å²) in [4.78, 5) is 21.0. The van der Waals surface area contributed by atoms with Crippen LogP contribution >= 0.6 is 0 Å². The third kappa shape index (κ3) is 4.34. The van der Waals surface area contributed by atoms with E-state index in [1.807, 2.05) is 0 Å². The summed E-state index contributed by atoms with van der Waals surface area (Å²) in [6, 6.07) is 4.13. The maximum Gasteiger partial charge on any atom is 0.333 e. The van der Waals surface area contributed by atoms with Gasteiger partial charge in [-0.2, -0.15) is 0 Å². The first-order valence-corrected chi connectivity index (χ1v) is 5.73. The first-order valence-electron chi connectivity index (χ1n) is 5.73. The predicted molar refractivity (Wildman–Crippen MR) is 70.3 cm³/mol. The summed E-state index contributed by atoms with van der Waals surface area (Å²) < 4.78 is 5.21. The minimum atomic E-state index is -0.639. The van der Waals surface area contributed by atoms with Gasteiger partial charge in [0.05, 0.1) is 11.5 Å². The Balaban J connectivity index is 2.78. The fraction of sp³-hybridized carbons (Fsp3) is 0.364. The third-order valence-corrected chi connectivity index (χ3v) is 2.22. The fourth-order valence-corrected chi connectivity index (χ4v) is 1.51. The summed E-state index contributed by atoms with van der Waals surface area (Å²) in [5.41, 5.74) is 5.12. The lowest BCUT2D eigenvalue weighted by atomic mass is 10.2. The van der Waals surface area contributed by atoms with Crippen LogP contribution in [-0.4, -0.2) is 30.7 Å². The fourth-order valence-electron chi connectivity index (χ4n) is 1.51. The van der Waals surface area contributed by atoms with Crippen LogP contribution in [0.15, 0.2) is 18.2 Å². The van der Waals surface area contributed by atoms with Gasteiger partial charge in [-0.05, 0) is 19.1 Å². The molecule has 4 N–H and O–H groups in total. The van der Waals surface area contributed by atoms with E-state index in [-0.39, 0.29) is 18.0 Å². The normalized spacial score (nSPS) is 9.74. The van der Waals surface area contributed by atoms with Gasteiger partial charge in [0.1, 0.15) is 5.69 Å². The van der Waals surface area contributed by atoms with Crippen molar-refractivity contribution in [2.45, 2.75) is 6.92 Å². The number of para-hydroxylation sites is 1. The minimum Gasteiger partial charge on any atom is -0.487 e. The number of benzene rings is 1. The molecule has 0 unspecified atom stereocenters. The number of carbonyl (C=O) groups excluding carboxylic acids is 1. The highest BCUT2D eigenvalue weighted by atomic mass is 16.6. The number of carbonyl (C=O) groups is 1. The molecule has 0 saturated heterocycles. The average molecular weight is 268 g/mol. The Morgan fingerprint density at radius 1 is 1.47 bits per heavy atom. The molecule has 0 aliphatic carbocycles. The second-order valence-electron chi connectivity index (χ2n) is 3.56.